The molecule has 0 radical (unpaired) electrons. The first-order chi connectivity index (χ1) is 11.6. The van der Waals surface area contributed by atoms with Crippen molar-refractivity contribution < 1.29 is 5.11 Å². The topological polar surface area (TPSA) is 52.5 Å². The number of aryl methyl sites for hydroxylation is 1. The SMILES string of the molecule is Cc1nc(Cl)cc(N2CC(O)C(N3CCc4ccccc4C3)C2)n1. The second kappa shape index (κ2) is 6.31. The molecule has 2 aromatic rings. The number of benzene rings is 1. The lowest BCUT2D eigenvalue weighted by Crippen LogP contribution is -2.45. The Hall–Kier alpha value is -1.69. The van der Waals surface area contributed by atoms with Crippen LogP contribution in [0.3, 0.4) is 0 Å². The Bertz CT molecular complexity index is 733. The molecule has 2 atom stereocenters. The molecule has 1 saturated heterocycles. The van der Waals surface area contributed by atoms with E-state index in [2.05, 4.69) is 44.0 Å². The Morgan fingerprint density at radius 1 is 1.17 bits per heavy atom. The molecule has 6 heteroatoms. The van der Waals surface area contributed by atoms with Crippen LogP contribution in [0.4, 0.5) is 5.82 Å². The van der Waals surface area contributed by atoms with Crippen LogP contribution in [-0.4, -0.2) is 51.8 Å². The van der Waals surface area contributed by atoms with Crippen LogP contribution in [0.25, 0.3) is 0 Å². The first kappa shape index (κ1) is 15.8. The van der Waals surface area contributed by atoms with Gasteiger partial charge in [-0.25, -0.2) is 9.97 Å². The lowest BCUT2D eigenvalue weighted by molar-refractivity contribution is 0.0747. The number of fused-ring (bicyclic) bond motifs is 1. The van der Waals surface area contributed by atoms with Gasteiger partial charge in [-0.15, -0.1) is 0 Å². The summed E-state index contributed by atoms with van der Waals surface area (Å²) in [6, 6.07) is 10.5. The van der Waals surface area contributed by atoms with Crippen LogP contribution in [0.2, 0.25) is 5.15 Å². The molecule has 0 amide bonds. The van der Waals surface area contributed by atoms with Gasteiger partial charge in [0.05, 0.1) is 12.1 Å². The molecule has 2 aliphatic rings. The predicted molar refractivity (Wildman–Crippen MR) is 94.3 cm³/mol. The monoisotopic (exact) mass is 344 g/mol. The molecule has 126 valence electrons. The Kier molecular flexibility index (Phi) is 4.16. The Morgan fingerprint density at radius 3 is 2.75 bits per heavy atom. The number of aliphatic hydroxyl groups excluding tert-OH is 1. The van der Waals surface area contributed by atoms with Crippen LogP contribution in [0.5, 0.6) is 0 Å². The molecule has 2 aliphatic heterocycles. The van der Waals surface area contributed by atoms with Crippen molar-refractivity contribution in [1.82, 2.24) is 14.9 Å². The van der Waals surface area contributed by atoms with Gasteiger partial charge in [-0.1, -0.05) is 35.9 Å². The second-order valence-corrected chi connectivity index (χ2v) is 7.01. The number of rotatable bonds is 2. The van der Waals surface area contributed by atoms with E-state index in [0.717, 1.165) is 31.9 Å². The van der Waals surface area contributed by atoms with Gasteiger partial charge in [0.15, 0.2) is 0 Å². The summed E-state index contributed by atoms with van der Waals surface area (Å²) in [7, 11) is 0. The average Bonchev–Trinajstić information content (AvgIpc) is 2.95. The van der Waals surface area contributed by atoms with Crippen molar-refractivity contribution in [3.05, 3.63) is 52.4 Å². The number of halogens is 1. The van der Waals surface area contributed by atoms with E-state index in [0.29, 0.717) is 17.5 Å². The molecule has 1 aromatic carbocycles. The first-order valence-corrected chi connectivity index (χ1v) is 8.73. The highest BCUT2D eigenvalue weighted by molar-refractivity contribution is 6.29. The fraction of sp³-hybridized carbons (Fsp3) is 0.444. The van der Waals surface area contributed by atoms with E-state index >= 15 is 0 Å². The summed E-state index contributed by atoms with van der Waals surface area (Å²) in [6.07, 6.45) is 0.655. The van der Waals surface area contributed by atoms with Crippen LogP contribution in [0, 0.1) is 6.92 Å². The van der Waals surface area contributed by atoms with Gasteiger partial charge in [0.1, 0.15) is 16.8 Å². The fourth-order valence-electron chi connectivity index (χ4n) is 3.79. The standard InChI is InChI=1S/C18H21ClN4O/c1-12-20-17(19)8-18(21-12)23-10-15(16(24)11-23)22-7-6-13-4-2-3-5-14(13)9-22/h2-5,8,15-16,24H,6-7,9-11H2,1H3. The van der Waals surface area contributed by atoms with Crippen molar-refractivity contribution >= 4 is 17.4 Å². The number of aromatic nitrogens is 2. The van der Waals surface area contributed by atoms with Gasteiger partial charge in [-0.3, -0.25) is 4.90 Å². The molecule has 0 spiro atoms. The molecule has 3 heterocycles. The van der Waals surface area contributed by atoms with Crippen LogP contribution in [-0.2, 0) is 13.0 Å². The minimum absolute atomic E-state index is 0.118. The van der Waals surface area contributed by atoms with Gasteiger partial charge in [0.25, 0.3) is 0 Å². The minimum atomic E-state index is -0.385. The van der Waals surface area contributed by atoms with Crippen molar-refractivity contribution in [3.8, 4) is 0 Å². The number of aliphatic hydroxyl groups is 1. The summed E-state index contributed by atoms with van der Waals surface area (Å²) >= 11 is 6.06. The van der Waals surface area contributed by atoms with Crippen LogP contribution >= 0.6 is 11.6 Å². The van der Waals surface area contributed by atoms with Crippen molar-refractivity contribution in [3.63, 3.8) is 0 Å². The molecule has 24 heavy (non-hydrogen) atoms. The highest BCUT2D eigenvalue weighted by Gasteiger charge is 2.37. The highest BCUT2D eigenvalue weighted by Crippen LogP contribution is 2.27. The quantitative estimate of drug-likeness (QED) is 0.845. The normalized spacial score (nSPS) is 24.2. The minimum Gasteiger partial charge on any atom is -0.390 e. The molecule has 1 N–H and O–H groups in total. The first-order valence-electron chi connectivity index (χ1n) is 8.35. The molecule has 4 rings (SSSR count). The number of nitrogens with zero attached hydrogens (tertiary/aromatic N) is 4. The third-order valence-electron chi connectivity index (χ3n) is 5.01. The fourth-order valence-corrected chi connectivity index (χ4v) is 4.01. The van der Waals surface area contributed by atoms with E-state index in [4.69, 9.17) is 11.6 Å². The summed E-state index contributed by atoms with van der Waals surface area (Å²) in [5.41, 5.74) is 2.80. The van der Waals surface area contributed by atoms with Crippen molar-refractivity contribution in [2.45, 2.75) is 32.0 Å². The number of anilines is 1. The maximum absolute atomic E-state index is 10.6. The van der Waals surface area contributed by atoms with Crippen LogP contribution in [0.15, 0.2) is 30.3 Å². The number of β-amino-alcohol motifs (C(OH)–C–C–N with tert-alkyl or cyclic N) is 1. The van der Waals surface area contributed by atoms with Crippen molar-refractivity contribution in [2.24, 2.45) is 0 Å². The van der Waals surface area contributed by atoms with Gasteiger partial charge >= 0.3 is 0 Å². The van der Waals surface area contributed by atoms with Crippen LogP contribution in [0.1, 0.15) is 17.0 Å². The van der Waals surface area contributed by atoms with Crippen LogP contribution < -0.4 is 4.90 Å². The van der Waals surface area contributed by atoms with E-state index < -0.39 is 0 Å². The van der Waals surface area contributed by atoms with E-state index in [-0.39, 0.29) is 12.1 Å². The average molecular weight is 345 g/mol. The smallest absolute Gasteiger partial charge is 0.134 e. The predicted octanol–water partition coefficient (Wildman–Crippen LogP) is 2.05. The zero-order valence-electron chi connectivity index (χ0n) is 13.7. The van der Waals surface area contributed by atoms with E-state index in [1.54, 1.807) is 6.07 Å². The van der Waals surface area contributed by atoms with Crippen molar-refractivity contribution in [2.75, 3.05) is 24.5 Å². The maximum Gasteiger partial charge on any atom is 0.134 e. The summed E-state index contributed by atoms with van der Waals surface area (Å²) in [5.74, 6) is 1.45. The summed E-state index contributed by atoms with van der Waals surface area (Å²) < 4.78 is 0. The molecule has 1 fully saturated rings. The van der Waals surface area contributed by atoms with Crippen molar-refractivity contribution in [1.29, 1.82) is 0 Å². The van der Waals surface area contributed by atoms with Gasteiger partial charge < -0.3 is 10.0 Å². The molecular weight excluding hydrogens is 324 g/mol. The van der Waals surface area contributed by atoms with Gasteiger partial charge in [-0.2, -0.15) is 0 Å². The third kappa shape index (κ3) is 2.99. The molecule has 0 saturated carbocycles. The Balaban J connectivity index is 1.51. The highest BCUT2D eigenvalue weighted by atomic mass is 35.5. The largest absolute Gasteiger partial charge is 0.390 e. The Morgan fingerprint density at radius 2 is 1.96 bits per heavy atom. The molecule has 2 unspecified atom stereocenters. The lowest BCUT2D eigenvalue weighted by atomic mass is 9.98. The number of hydrogen-bond acceptors (Lipinski definition) is 5. The van der Waals surface area contributed by atoms with Gasteiger partial charge in [0.2, 0.25) is 0 Å². The van der Waals surface area contributed by atoms with E-state index in [9.17, 15) is 5.11 Å². The van der Waals surface area contributed by atoms with Gasteiger partial charge in [-0.05, 0) is 24.5 Å². The van der Waals surface area contributed by atoms with Gasteiger partial charge in [0, 0.05) is 32.2 Å². The second-order valence-electron chi connectivity index (χ2n) is 6.62. The lowest BCUT2D eigenvalue weighted by Gasteiger charge is -2.34. The van der Waals surface area contributed by atoms with E-state index in [1.165, 1.54) is 11.1 Å². The van der Waals surface area contributed by atoms with E-state index in [1.807, 2.05) is 6.92 Å². The zero-order valence-corrected chi connectivity index (χ0v) is 14.4. The number of hydrogen-bond donors (Lipinski definition) is 1. The summed E-state index contributed by atoms with van der Waals surface area (Å²) in [4.78, 5) is 13.1. The molecule has 0 bridgehead atoms. The summed E-state index contributed by atoms with van der Waals surface area (Å²) in [5, 5.41) is 11.0. The Labute approximate surface area is 146 Å². The summed E-state index contributed by atoms with van der Waals surface area (Å²) in [6.45, 7) is 5.05. The molecule has 5 nitrogen and oxygen atoms in total. The maximum atomic E-state index is 10.6. The molecule has 1 aromatic heterocycles. The molecule has 0 aliphatic carbocycles. The molecular formula is C18H21ClN4O. The zero-order chi connectivity index (χ0) is 16.7. The third-order valence-corrected chi connectivity index (χ3v) is 5.20.